The molecular weight excluding hydrogens is 257 g/mol. The molecule has 0 bridgehead atoms. The van der Waals surface area contributed by atoms with E-state index in [4.69, 9.17) is 45.9 Å². The number of halogens is 3. The highest BCUT2D eigenvalue weighted by Crippen LogP contribution is 2.58. The summed E-state index contributed by atoms with van der Waals surface area (Å²) in [6.45, 7) is 5.46. The molecule has 0 saturated heterocycles. The molecule has 0 saturated carbocycles. The molecule has 0 heterocycles. The third-order valence-corrected chi connectivity index (χ3v) is 2.79. The minimum Gasteiger partial charge on any atom is -0.348 e. The lowest BCUT2D eigenvalue weighted by Gasteiger charge is -2.18. The molecule has 0 amide bonds. The molecule has 0 N–H and O–H groups in total. The van der Waals surface area contributed by atoms with Crippen molar-refractivity contribution in [3.05, 3.63) is 0 Å². The molecule has 7 heteroatoms. The largest absolute Gasteiger partial charge is 0.348 e. The number of nitrogens with zero attached hydrogens (tertiary/aromatic N) is 2. The van der Waals surface area contributed by atoms with Crippen LogP contribution < -0.4 is 0 Å². The van der Waals surface area contributed by atoms with Crippen molar-refractivity contribution < 1.29 is 0 Å². The van der Waals surface area contributed by atoms with Gasteiger partial charge in [0.1, 0.15) is 0 Å². The Morgan fingerprint density at radius 1 is 1.42 bits per heavy atom. The molecule has 0 aromatic heterocycles. The minimum atomic E-state index is -2.61. The average Bonchev–Trinajstić information content (AvgIpc) is 1.85. The second kappa shape index (κ2) is 5.66. The first-order valence-corrected chi connectivity index (χ1v) is 8.35. The maximum atomic E-state index is 5.80. The molecule has 12 heavy (non-hydrogen) atoms. The standard InChI is InChI=1S/C5H10Cl3N2PS/c1-3-10(4-2)5(6)9-11(7,8)12/h3-4H2,1-2H3/b9-5+. The van der Waals surface area contributed by atoms with Crippen LogP contribution in [0.2, 0.25) is 0 Å². The Balaban J connectivity index is 4.45. The summed E-state index contributed by atoms with van der Waals surface area (Å²) < 4.78 is 3.82. The zero-order valence-corrected chi connectivity index (χ0v) is 10.8. The summed E-state index contributed by atoms with van der Waals surface area (Å²) in [5.74, 6) is 0. The highest BCUT2D eigenvalue weighted by Gasteiger charge is 2.10. The summed E-state index contributed by atoms with van der Waals surface area (Å²) in [5, 5.41) is 0.299. The van der Waals surface area contributed by atoms with Crippen LogP contribution in [-0.4, -0.2) is 23.3 Å². The number of amidine groups is 1. The number of hydrogen-bond acceptors (Lipinski definition) is 1. The van der Waals surface area contributed by atoms with Crippen LogP contribution in [0, 0.1) is 0 Å². The summed E-state index contributed by atoms with van der Waals surface area (Å²) in [6, 6.07) is 0. The van der Waals surface area contributed by atoms with E-state index in [2.05, 4.69) is 4.76 Å². The monoisotopic (exact) mass is 266 g/mol. The van der Waals surface area contributed by atoms with Crippen molar-refractivity contribution in [2.75, 3.05) is 13.1 Å². The van der Waals surface area contributed by atoms with Crippen LogP contribution in [0.1, 0.15) is 13.8 Å². The molecule has 0 spiro atoms. The molecule has 0 unspecified atom stereocenters. The fourth-order valence-electron chi connectivity index (χ4n) is 0.644. The molecule has 0 fully saturated rings. The van der Waals surface area contributed by atoms with Gasteiger partial charge in [0.2, 0.25) is 4.89 Å². The summed E-state index contributed by atoms with van der Waals surface area (Å²) >= 11 is 21.7. The fourth-order valence-corrected chi connectivity index (χ4v) is 2.57. The van der Waals surface area contributed by atoms with Crippen LogP contribution in [0.3, 0.4) is 0 Å². The second-order valence-electron chi connectivity index (χ2n) is 1.98. The van der Waals surface area contributed by atoms with Crippen LogP contribution >= 0.6 is 39.0 Å². The van der Waals surface area contributed by atoms with Crippen molar-refractivity contribution >= 4 is 56.1 Å². The van der Waals surface area contributed by atoms with Gasteiger partial charge < -0.3 is 4.90 Å². The Bertz CT molecular complexity index is 211. The molecule has 2 nitrogen and oxygen atoms in total. The average molecular weight is 268 g/mol. The summed E-state index contributed by atoms with van der Waals surface area (Å²) in [7, 11) is 0. The topological polar surface area (TPSA) is 15.6 Å². The lowest BCUT2D eigenvalue weighted by molar-refractivity contribution is 0.475. The Hall–Kier alpha value is 0.990. The van der Waals surface area contributed by atoms with Gasteiger partial charge in [0.25, 0.3) is 0 Å². The van der Waals surface area contributed by atoms with E-state index in [0.717, 1.165) is 13.1 Å². The third-order valence-electron chi connectivity index (χ3n) is 1.22. The van der Waals surface area contributed by atoms with Crippen molar-refractivity contribution in [3.8, 4) is 0 Å². The van der Waals surface area contributed by atoms with Gasteiger partial charge in [-0.2, -0.15) is 4.76 Å². The van der Waals surface area contributed by atoms with Crippen molar-refractivity contribution in [2.45, 2.75) is 13.8 Å². The van der Waals surface area contributed by atoms with E-state index in [1.165, 1.54) is 0 Å². The Morgan fingerprint density at radius 2 is 1.83 bits per heavy atom. The molecule has 0 aliphatic heterocycles. The summed E-state index contributed by atoms with van der Waals surface area (Å²) in [6.07, 6.45) is 0. The van der Waals surface area contributed by atoms with Crippen LogP contribution in [0.4, 0.5) is 0 Å². The predicted molar refractivity (Wildman–Crippen MR) is 62.2 cm³/mol. The maximum absolute atomic E-state index is 5.80. The zero-order valence-electron chi connectivity index (χ0n) is 6.80. The van der Waals surface area contributed by atoms with E-state index < -0.39 is 4.89 Å². The second-order valence-corrected chi connectivity index (χ2v) is 9.63. The van der Waals surface area contributed by atoms with Crippen LogP contribution in [-0.2, 0) is 11.8 Å². The summed E-state index contributed by atoms with van der Waals surface area (Å²) in [4.78, 5) is -0.783. The van der Waals surface area contributed by atoms with Gasteiger partial charge in [-0.3, -0.25) is 0 Å². The first kappa shape index (κ1) is 13.0. The SMILES string of the molecule is CCN(CC)/C(Cl)=N/P(=S)(Cl)Cl. The highest BCUT2D eigenvalue weighted by atomic mass is 35.9. The van der Waals surface area contributed by atoms with E-state index in [-0.39, 0.29) is 0 Å². The van der Waals surface area contributed by atoms with Gasteiger partial charge in [-0.15, -0.1) is 0 Å². The van der Waals surface area contributed by atoms with Gasteiger partial charge in [0.15, 0.2) is 5.29 Å². The minimum absolute atomic E-state index is 0.299. The summed E-state index contributed by atoms with van der Waals surface area (Å²) in [5.41, 5.74) is 0. The van der Waals surface area contributed by atoms with Crippen LogP contribution in [0.5, 0.6) is 0 Å². The van der Waals surface area contributed by atoms with Crippen molar-refractivity contribution in [1.82, 2.24) is 4.90 Å². The Kier molecular flexibility index (Phi) is 6.13. The lowest BCUT2D eigenvalue weighted by Crippen LogP contribution is -2.26. The fraction of sp³-hybridized carbons (Fsp3) is 0.800. The number of hydrogen-bond donors (Lipinski definition) is 0. The Morgan fingerprint density at radius 3 is 2.08 bits per heavy atom. The smallest absolute Gasteiger partial charge is 0.228 e. The first-order chi connectivity index (χ1) is 5.40. The van der Waals surface area contributed by atoms with Gasteiger partial charge in [0, 0.05) is 13.1 Å². The van der Waals surface area contributed by atoms with Gasteiger partial charge in [-0.1, -0.05) is 0 Å². The molecule has 0 radical (unpaired) electrons. The van der Waals surface area contributed by atoms with Crippen LogP contribution in [0.15, 0.2) is 4.76 Å². The normalized spacial score (nSPS) is 13.2. The quantitative estimate of drug-likeness (QED) is 0.336. The van der Waals surface area contributed by atoms with Gasteiger partial charge >= 0.3 is 0 Å². The molecule has 0 atom stereocenters. The van der Waals surface area contributed by atoms with Gasteiger partial charge in [-0.25, -0.2) is 0 Å². The van der Waals surface area contributed by atoms with E-state index in [1.54, 1.807) is 0 Å². The maximum Gasteiger partial charge on any atom is 0.228 e. The molecule has 0 aromatic rings. The highest BCUT2D eigenvalue weighted by molar-refractivity contribution is 8.38. The van der Waals surface area contributed by atoms with Crippen LogP contribution in [0.25, 0.3) is 0 Å². The van der Waals surface area contributed by atoms with E-state index in [1.807, 2.05) is 18.7 Å². The first-order valence-electron chi connectivity index (χ1n) is 3.40. The third kappa shape index (κ3) is 5.60. The predicted octanol–water partition coefficient (Wildman–Crippen LogP) is 3.63. The van der Waals surface area contributed by atoms with Crippen molar-refractivity contribution in [2.24, 2.45) is 4.76 Å². The van der Waals surface area contributed by atoms with E-state index in [9.17, 15) is 0 Å². The van der Waals surface area contributed by atoms with Crippen molar-refractivity contribution in [3.63, 3.8) is 0 Å². The molecule has 0 aliphatic carbocycles. The van der Waals surface area contributed by atoms with Gasteiger partial charge in [0.05, 0.1) is 0 Å². The molecule has 0 aliphatic rings. The number of rotatable bonds is 3. The molecule has 0 aromatic carbocycles. The van der Waals surface area contributed by atoms with E-state index in [0.29, 0.717) is 5.29 Å². The molecule has 72 valence electrons. The van der Waals surface area contributed by atoms with E-state index >= 15 is 0 Å². The lowest BCUT2D eigenvalue weighted by atomic mass is 10.6. The molecular formula is C5H10Cl3N2PS. The zero-order chi connectivity index (χ0) is 9.78. The molecule has 0 rings (SSSR count). The Labute approximate surface area is 92.5 Å². The van der Waals surface area contributed by atoms with Gasteiger partial charge in [-0.05, 0) is 59.7 Å². The van der Waals surface area contributed by atoms with Crippen molar-refractivity contribution in [1.29, 1.82) is 0 Å².